The molecule has 0 aliphatic carbocycles. The number of carbonyl (C=O) groups is 1. The van der Waals surface area contributed by atoms with E-state index in [1.165, 1.54) is 6.92 Å². The summed E-state index contributed by atoms with van der Waals surface area (Å²) in [4.78, 5) is 9.54. The predicted octanol–water partition coefficient (Wildman–Crippen LogP) is 0.396. The monoisotopic (exact) mass is 178 g/mol. The van der Waals surface area contributed by atoms with E-state index in [0.29, 0.717) is 0 Å². The van der Waals surface area contributed by atoms with Crippen LogP contribution in [0.5, 0.6) is 0 Å². The van der Waals surface area contributed by atoms with Crippen LogP contribution < -0.4 is 5.73 Å². The molecule has 0 aromatic heterocycles. The van der Waals surface area contributed by atoms with Gasteiger partial charge in [-0.3, -0.25) is 4.79 Å². The third kappa shape index (κ3) is 51.7. The number of nitrogens with zero attached hydrogens (tertiary/aromatic N) is 1. The minimum Gasteiger partial charge on any atom is -0.369 e. The second kappa shape index (κ2) is 9.67. The molecule has 0 atom stereocenters. The average molecular weight is 179 g/mol. The van der Waals surface area contributed by atoms with Crippen molar-refractivity contribution >= 4 is 21.8 Å². The lowest BCUT2D eigenvalue weighted by Gasteiger charge is -1.71. The topological polar surface area (TPSA) is 66.9 Å². The maximum atomic E-state index is 9.54. The molecule has 0 rings (SSSR count). The highest BCUT2D eigenvalue weighted by molar-refractivity contribution is 9.09. The molecule has 8 heavy (non-hydrogen) atoms. The van der Waals surface area contributed by atoms with Gasteiger partial charge in [0.15, 0.2) is 0 Å². The van der Waals surface area contributed by atoms with Gasteiger partial charge in [-0.1, -0.05) is 15.9 Å². The lowest BCUT2D eigenvalue weighted by Crippen LogP contribution is -2.10. The molecular weight excluding hydrogens is 172 g/mol. The lowest BCUT2D eigenvalue weighted by atomic mass is 10.8. The molecule has 0 fully saturated rings. The number of hydrogen-bond acceptors (Lipinski definition) is 2. The van der Waals surface area contributed by atoms with E-state index < -0.39 is 0 Å². The first-order valence-corrected chi connectivity index (χ1v) is 2.96. The van der Waals surface area contributed by atoms with Crippen LogP contribution in [-0.4, -0.2) is 11.2 Å². The van der Waals surface area contributed by atoms with Crippen LogP contribution in [0.3, 0.4) is 0 Å². The van der Waals surface area contributed by atoms with Gasteiger partial charge in [0.2, 0.25) is 5.91 Å². The van der Waals surface area contributed by atoms with Gasteiger partial charge in [0.1, 0.15) is 0 Å². The van der Waals surface area contributed by atoms with Crippen molar-refractivity contribution in [3.63, 3.8) is 0 Å². The quantitative estimate of drug-likeness (QED) is 0.591. The smallest absolute Gasteiger partial charge is 0.228 e. The van der Waals surface area contributed by atoms with Crippen molar-refractivity contribution < 1.29 is 4.79 Å². The third-order valence-corrected chi connectivity index (χ3v) is 0.684. The number of alkyl halides is 1. The van der Waals surface area contributed by atoms with Gasteiger partial charge in [-0.05, 0) is 0 Å². The number of rotatable bonds is 1. The van der Waals surface area contributed by atoms with Crippen molar-refractivity contribution in [1.82, 2.24) is 0 Å². The molecule has 0 aromatic carbocycles. The van der Waals surface area contributed by atoms with Gasteiger partial charge in [0.25, 0.3) is 0 Å². The van der Waals surface area contributed by atoms with Crippen LogP contribution in [0.4, 0.5) is 0 Å². The van der Waals surface area contributed by atoms with Gasteiger partial charge >= 0.3 is 0 Å². The summed E-state index contributed by atoms with van der Waals surface area (Å²) in [5, 5.41) is 7.58. The van der Waals surface area contributed by atoms with Crippen LogP contribution in [0, 0.1) is 11.3 Å². The molecule has 0 saturated carbocycles. The maximum absolute atomic E-state index is 9.54. The van der Waals surface area contributed by atoms with E-state index in [2.05, 4.69) is 21.7 Å². The molecule has 0 radical (unpaired) electrons. The summed E-state index contributed by atoms with van der Waals surface area (Å²) < 4.78 is 0. The number of primary amides is 1. The summed E-state index contributed by atoms with van der Waals surface area (Å²) in [7, 11) is 0. The summed E-state index contributed by atoms with van der Waals surface area (Å²) in [6.07, 6.45) is 0. The molecule has 4 heteroatoms. The molecule has 0 unspecified atom stereocenters. The second-order valence-corrected chi connectivity index (χ2v) is 1.38. The molecule has 0 bridgehead atoms. The van der Waals surface area contributed by atoms with Gasteiger partial charge in [0, 0.05) is 6.92 Å². The molecule has 0 aliphatic rings. The summed E-state index contributed by atoms with van der Waals surface area (Å²) in [5.41, 5.74) is 4.61. The van der Waals surface area contributed by atoms with Gasteiger partial charge in [-0.25, -0.2) is 0 Å². The Balaban J connectivity index is 0. The van der Waals surface area contributed by atoms with E-state index in [-0.39, 0.29) is 11.2 Å². The predicted molar refractivity (Wildman–Crippen MR) is 34.3 cm³/mol. The largest absolute Gasteiger partial charge is 0.369 e. The first-order chi connectivity index (χ1) is 3.68. The standard InChI is InChI=1S/C2H4BrNO.C2H3N/c3-1-2(4)5;1-2-3/h1H2,(H2,4,5);1H3. The van der Waals surface area contributed by atoms with Crippen LogP contribution >= 0.6 is 15.9 Å². The zero-order valence-electron chi connectivity index (χ0n) is 4.52. The fourth-order valence-corrected chi connectivity index (χ4v) is 0. The Morgan fingerprint density at radius 2 is 2.12 bits per heavy atom. The normalized spacial score (nSPS) is 5.62. The van der Waals surface area contributed by atoms with E-state index in [4.69, 9.17) is 5.26 Å². The van der Waals surface area contributed by atoms with Gasteiger partial charge < -0.3 is 5.73 Å². The molecule has 46 valence electrons. The Kier molecular flexibility index (Phi) is 12.6. The SMILES string of the molecule is CC#N.NC(=O)CBr. The molecular formula is C4H7BrN2O. The van der Waals surface area contributed by atoms with Crippen LogP contribution in [0.2, 0.25) is 0 Å². The zero-order chi connectivity index (χ0) is 6.99. The minimum absolute atomic E-state index is 0.257. The number of nitriles is 1. The van der Waals surface area contributed by atoms with Crippen LogP contribution in [-0.2, 0) is 4.79 Å². The summed E-state index contributed by atoms with van der Waals surface area (Å²) >= 11 is 2.84. The van der Waals surface area contributed by atoms with E-state index in [1.807, 2.05) is 0 Å². The Morgan fingerprint density at radius 3 is 2.12 bits per heavy atom. The number of hydrogen-bond donors (Lipinski definition) is 1. The van der Waals surface area contributed by atoms with Gasteiger partial charge in [-0.15, -0.1) is 0 Å². The number of carbonyl (C=O) groups excluding carboxylic acids is 1. The number of halogens is 1. The van der Waals surface area contributed by atoms with Crippen molar-refractivity contribution in [2.45, 2.75) is 6.92 Å². The number of amides is 1. The van der Waals surface area contributed by atoms with Crippen molar-refractivity contribution in [2.75, 3.05) is 5.33 Å². The summed E-state index contributed by atoms with van der Waals surface area (Å²) in [6, 6.07) is 1.75. The molecule has 3 nitrogen and oxygen atoms in total. The molecule has 0 saturated heterocycles. The maximum Gasteiger partial charge on any atom is 0.228 e. The molecule has 0 aliphatic heterocycles. The fourth-order valence-electron chi connectivity index (χ4n) is 0. The Bertz CT molecular complexity index is 96.7. The zero-order valence-corrected chi connectivity index (χ0v) is 6.10. The van der Waals surface area contributed by atoms with E-state index >= 15 is 0 Å². The second-order valence-electron chi connectivity index (χ2n) is 0.824. The van der Waals surface area contributed by atoms with Crippen LogP contribution in [0.25, 0.3) is 0 Å². The summed E-state index contributed by atoms with van der Waals surface area (Å²) in [5.74, 6) is -0.329. The highest BCUT2D eigenvalue weighted by Gasteiger charge is 1.79. The first kappa shape index (κ1) is 10.4. The van der Waals surface area contributed by atoms with Gasteiger partial charge in [0.05, 0.1) is 11.4 Å². The van der Waals surface area contributed by atoms with E-state index in [1.54, 1.807) is 6.07 Å². The molecule has 0 spiro atoms. The highest BCUT2D eigenvalue weighted by Crippen LogP contribution is 1.71. The average Bonchev–Trinajstić information content (AvgIpc) is 1.69. The molecule has 1 amide bonds. The lowest BCUT2D eigenvalue weighted by molar-refractivity contribution is -0.115. The van der Waals surface area contributed by atoms with Gasteiger partial charge in [-0.2, -0.15) is 5.26 Å². The van der Waals surface area contributed by atoms with E-state index in [0.717, 1.165) is 0 Å². The Hall–Kier alpha value is -0.560. The molecule has 2 N–H and O–H groups in total. The Labute approximate surface area is 56.6 Å². The van der Waals surface area contributed by atoms with E-state index in [9.17, 15) is 4.79 Å². The van der Waals surface area contributed by atoms with Crippen molar-refractivity contribution in [3.8, 4) is 6.07 Å². The minimum atomic E-state index is -0.329. The van der Waals surface area contributed by atoms with Crippen molar-refractivity contribution in [2.24, 2.45) is 5.73 Å². The Morgan fingerprint density at radius 1 is 2.00 bits per heavy atom. The van der Waals surface area contributed by atoms with Crippen molar-refractivity contribution in [1.29, 1.82) is 5.26 Å². The van der Waals surface area contributed by atoms with Crippen LogP contribution in [0.1, 0.15) is 6.92 Å². The highest BCUT2D eigenvalue weighted by atomic mass is 79.9. The number of nitrogens with two attached hydrogens (primary N) is 1. The summed E-state index contributed by atoms with van der Waals surface area (Å²) in [6.45, 7) is 1.43. The fraction of sp³-hybridized carbons (Fsp3) is 0.500. The van der Waals surface area contributed by atoms with Crippen molar-refractivity contribution in [3.05, 3.63) is 0 Å². The van der Waals surface area contributed by atoms with Crippen LogP contribution in [0.15, 0.2) is 0 Å². The first-order valence-electron chi connectivity index (χ1n) is 1.84. The molecule has 0 heterocycles. The molecule has 0 aromatic rings. The third-order valence-electron chi connectivity index (χ3n) is 0.132.